The van der Waals surface area contributed by atoms with Crippen molar-refractivity contribution in [2.45, 2.75) is 6.18 Å². The number of carbonyl (C=O) groups is 1. The maximum absolute atomic E-state index is 12.9. The topological polar surface area (TPSA) is 96.6 Å². The van der Waals surface area contributed by atoms with Crippen molar-refractivity contribution in [2.24, 2.45) is 5.10 Å². The van der Waals surface area contributed by atoms with Gasteiger partial charge in [0.1, 0.15) is 0 Å². The molecule has 0 aliphatic rings. The second kappa shape index (κ2) is 9.31. The summed E-state index contributed by atoms with van der Waals surface area (Å²) in [4.78, 5) is 22.0. The third-order valence-corrected chi connectivity index (χ3v) is 3.43. The van der Waals surface area contributed by atoms with Crippen molar-refractivity contribution in [1.82, 2.24) is 5.43 Å². The number of benzene rings is 2. The van der Waals surface area contributed by atoms with Crippen LogP contribution < -0.4 is 10.7 Å². The zero-order valence-electron chi connectivity index (χ0n) is 14.3. The second-order valence-corrected chi connectivity index (χ2v) is 5.39. The Kier molecular flexibility index (Phi) is 6.85. The lowest BCUT2D eigenvalue weighted by Crippen LogP contribution is -2.26. The summed E-state index contributed by atoms with van der Waals surface area (Å²) in [6, 6.07) is 10.9. The van der Waals surface area contributed by atoms with Crippen LogP contribution in [0.15, 0.2) is 59.7 Å². The molecule has 146 valence electrons. The van der Waals surface area contributed by atoms with E-state index in [9.17, 15) is 28.1 Å². The maximum Gasteiger partial charge on any atom is 0.418 e. The van der Waals surface area contributed by atoms with E-state index in [0.717, 1.165) is 6.07 Å². The number of nitrogens with one attached hydrogen (secondary N) is 2. The van der Waals surface area contributed by atoms with Crippen LogP contribution in [-0.4, -0.2) is 23.6 Å². The SMILES string of the molecule is O=C(CNc1ccccc1C(F)(F)F)NN=CC=Cc1ccccc1[N+](=O)[O-]. The highest BCUT2D eigenvalue weighted by Crippen LogP contribution is 2.34. The van der Waals surface area contributed by atoms with E-state index in [0.29, 0.717) is 5.56 Å². The quantitative estimate of drug-likeness (QED) is 0.425. The highest BCUT2D eigenvalue weighted by Gasteiger charge is 2.33. The molecular formula is C18H15F3N4O3. The average molecular weight is 392 g/mol. The molecule has 0 atom stereocenters. The van der Waals surface area contributed by atoms with Crippen molar-refractivity contribution < 1.29 is 22.9 Å². The largest absolute Gasteiger partial charge is 0.418 e. The number of nitro benzene ring substituents is 1. The van der Waals surface area contributed by atoms with Crippen molar-refractivity contribution in [3.8, 4) is 0 Å². The van der Waals surface area contributed by atoms with Gasteiger partial charge in [-0.1, -0.05) is 24.3 Å². The van der Waals surface area contributed by atoms with Crippen molar-refractivity contribution >= 4 is 29.6 Å². The summed E-state index contributed by atoms with van der Waals surface area (Å²) in [6.07, 6.45) is -0.526. The number of allylic oxidation sites excluding steroid dienone is 1. The van der Waals surface area contributed by atoms with Crippen LogP contribution in [0.5, 0.6) is 0 Å². The van der Waals surface area contributed by atoms with E-state index in [1.165, 1.54) is 48.7 Å². The summed E-state index contributed by atoms with van der Waals surface area (Å²) in [7, 11) is 0. The van der Waals surface area contributed by atoms with E-state index >= 15 is 0 Å². The van der Waals surface area contributed by atoms with Gasteiger partial charge >= 0.3 is 6.18 Å². The Morgan fingerprint density at radius 3 is 2.54 bits per heavy atom. The van der Waals surface area contributed by atoms with Gasteiger partial charge in [0, 0.05) is 18.0 Å². The molecule has 0 unspecified atom stereocenters. The number of nitro groups is 1. The number of carbonyl (C=O) groups excluding carboxylic acids is 1. The average Bonchev–Trinajstić information content (AvgIpc) is 2.66. The van der Waals surface area contributed by atoms with Crippen LogP contribution in [-0.2, 0) is 11.0 Å². The third kappa shape index (κ3) is 5.94. The number of anilines is 1. The number of hydrogen-bond donors (Lipinski definition) is 2. The first-order valence-electron chi connectivity index (χ1n) is 7.91. The zero-order chi connectivity index (χ0) is 20.6. The molecule has 2 N–H and O–H groups in total. The normalized spacial score (nSPS) is 11.7. The summed E-state index contributed by atoms with van der Waals surface area (Å²) in [5.74, 6) is -0.660. The van der Waals surface area contributed by atoms with Gasteiger partial charge in [-0.05, 0) is 30.4 Å². The number of para-hydroxylation sites is 2. The fourth-order valence-corrected chi connectivity index (χ4v) is 2.19. The standard InChI is InChI=1S/C18H15F3N4O3/c19-18(20,21)14-8-2-3-9-15(14)22-12-17(26)24-23-11-5-7-13-6-1-4-10-16(13)25(27)28/h1-11,22H,12H2,(H,24,26). The lowest BCUT2D eigenvalue weighted by atomic mass is 10.1. The van der Waals surface area contributed by atoms with Crippen molar-refractivity contribution in [2.75, 3.05) is 11.9 Å². The summed E-state index contributed by atoms with van der Waals surface area (Å²) < 4.78 is 38.6. The van der Waals surface area contributed by atoms with Crippen LogP contribution in [0.3, 0.4) is 0 Å². The Morgan fingerprint density at radius 1 is 1.14 bits per heavy atom. The molecule has 2 aromatic carbocycles. The molecule has 2 rings (SSSR count). The van der Waals surface area contributed by atoms with Gasteiger partial charge in [-0.3, -0.25) is 14.9 Å². The van der Waals surface area contributed by atoms with Gasteiger partial charge in [0.15, 0.2) is 0 Å². The molecule has 0 radical (unpaired) electrons. The smallest absolute Gasteiger partial charge is 0.376 e. The van der Waals surface area contributed by atoms with Crippen LogP contribution in [0.2, 0.25) is 0 Å². The lowest BCUT2D eigenvalue weighted by Gasteiger charge is -2.13. The van der Waals surface area contributed by atoms with E-state index in [1.54, 1.807) is 12.1 Å². The zero-order valence-corrected chi connectivity index (χ0v) is 14.3. The minimum atomic E-state index is -4.54. The molecular weight excluding hydrogens is 377 g/mol. The van der Waals surface area contributed by atoms with E-state index in [2.05, 4.69) is 15.8 Å². The summed E-state index contributed by atoms with van der Waals surface area (Å²) in [5, 5.41) is 16.9. The molecule has 7 nitrogen and oxygen atoms in total. The first-order valence-corrected chi connectivity index (χ1v) is 7.91. The minimum Gasteiger partial charge on any atom is -0.376 e. The summed E-state index contributed by atoms with van der Waals surface area (Å²) in [5.41, 5.74) is 1.32. The molecule has 0 aliphatic carbocycles. The van der Waals surface area contributed by atoms with Gasteiger partial charge in [0.25, 0.3) is 11.6 Å². The monoisotopic (exact) mass is 392 g/mol. The van der Waals surface area contributed by atoms with Crippen LogP contribution in [0.1, 0.15) is 11.1 Å². The molecule has 0 saturated heterocycles. The Labute approximate surface area is 157 Å². The first-order chi connectivity index (χ1) is 13.3. The van der Waals surface area contributed by atoms with Gasteiger partial charge in [0.05, 0.1) is 22.6 Å². The molecule has 0 bridgehead atoms. The molecule has 1 amide bonds. The Morgan fingerprint density at radius 2 is 1.82 bits per heavy atom. The number of hydrazone groups is 1. The molecule has 2 aromatic rings. The van der Waals surface area contributed by atoms with Crippen LogP contribution in [0.25, 0.3) is 6.08 Å². The molecule has 0 heterocycles. The molecule has 0 aliphatic heterocycles. The van der Waals surface area contributed by atoms with Gasteiger partial charge in [-0.25, -0.2) is 5.43 Å². The Balaban J connectivity index is 1.88. The number of rotatable bonds is 7. The van der Waals surface area contributed by atoms with Crippen LogP contribution in [0.4, 0.5) is 24.5 Å². The van der Waals surface area contributed by atoms with Gasteiger partial charge in [0.2, 0.25) is 0 Å². The van der Waals surface area contributed by atoms with E-state index in [-0.39, 0.29) is 11.4 Å². The molecule has 0 saturated carbocycles. The fourth-order valence-electron chi connectivity index (χ4n) is 2.19. The Hall–Kier alpha value is -3.69. The van der Waals surface area contributed by atoms with Gasteiger partial charge < -0.3 is 5.32 Å². The number of alkyl halides is 3. The maximum atomic E-state index is 12.9. The third-order valence-electron chi connectivity index (χ3n) is 3.43. The Bertz CT molecular complexity index is 911. The fraction of sp³-hybridized carbons (Fsp3) is 0.111. The van der Waals surface area contributed by atoms with E-state index in [4.69, 9.17) is 0 Å². The minimum absolute atomic E-state index is 0.0799. The van der Waals surface area contributed by atoms with Gasteiger partial charge in [-0.15, -0.1) is 0 Å². The number of hydrogen-bond acceptors (Lipinski definition) is 5. The highest BCUT2D eigenvalue weighted by molar-refractivity contribution is 5.84. The van der Waals surface area contributed by atoms with Crippen molar-refractivity contribution in [3.05, 3.63) is 75.8 Å². The van der Waals surface area contributed by atoms with Crippen molar-refractivity contribution in [3.63, 3.8) is 0 Å². The highest BCUT2D eigenvalue weighted by atomic mass is 19.4. The number of halogens is 3. The molecule has 0 fully saturated rings. The summed E-state index contributed by atoms with van der Waals surface area (Å²) in [6.45, 7) is -0.418. The predicted molar refractivity (Wildman–Crippen MR) is 98.7 cm³/mol. The van der Waals surface area contributed by atoms with E-state index < -0.39 is 29.1 Å². The van der Waals surface area contributed by atoms with Gasteiger partial charge in [-0.2, -0.15) is 18.3 Å². The second-order valence-electron chi connectivity index (χ2n) is 5.39. The molecule has 0 spiro atoms. The van der Waals surface area contributed by atoms with E-state index in [1.807, 2.05) is 0 Å². The molecule has 10 heteroatoms. The number of amides is 1. The lowest BCUT2D eigenvalue weighted by molar-refractivity contribution is -0.385. The molecule has 28 heavy (non-hydrogen) atoms. The predicted octanol–water partition coefficient (Wildman–Crippen LogP) is 3.84. The summed E-state index contributed by atoms with van der Waals surface area (Å²) >= 11 is 0. The van der Waals surface area contributed by atoms with Crippen LogP contribution >= 0.6 is 0 Å². The first kappa shape index (κ1) is 20.6. The molecule has 0 aromatic heterocycles. The van der Waals surface area contributed by atoms with Crippen molar-refractivity contribution in [1.29, 1.82) is 0 Å². The van der Waals surface area contributed by atoms with Crippen LogP contribution in [0, 0.1) is 10.1 Å². The number of nitrogens with zero attached hydrogens (tertiary/aromatic N) is 2.